The molecule has 68 heavy (non-hydrogen) atoms. The van der Waals surface area contributed by atoms with E-state index in [4.69, 9.17) is 4.42 Å². The summed E-state index contributed by atoms with van der Waals surface area (Å²) < 4.78 is 11.6. The highest BCUT2D eigenvalue weighted by molar-refractivity contribution is 6.20. The van der Waals surface area contributed by atoms with Crippen LogP contribution in [-0.4, -0.2) is 9.13 Å². The third-order valence-corrected chi connectivity index (χ3v) is 13.9. The van der Waals surface area contributed by atoms with Crippen molar-refractivity contribution in [1.29, 1.82) is 0 Å². The molecule has 0 aliphatic heterocycles. The van der Waals surface area contributed by atoms with Crippen molar-refractivity contribution in [2.45, 2.75) is 0 Å². The minimum atomic E-state index is 0.852. The van der Waals surface area contributed by atoms with Gasteiger partial charge in [-0.3, -0.25) is 0 Å². The molecule has 0 aliphatic rings. The van der Waals surface area contributed by atoms with Crippen LogP contribution in [0.5, 0.6) is 0 Å². The van der Waals surface area contributed by atoms with Gasteiger partial charge in [0.15, 0.2) is 0 Å². The average Bonchev–Trinajstić information content (AvgIpc) is 4.08. The molecule has 3 heterocycles. The number of nitrogens with zero attached hydrogens (tertiary/aromatic N) is 3. The molecule has 0 atom stereocenters. The molecule has 0 spiro atoms. The second-order valence-electron chi connectivity index (χ2n) is 17.6. The summed E-state index contributed by atoms with van der Waals surface area (Å²) >= 11 is 0. The zero-order valence-corrected chi connectivity index (χ0v) is 36.9. The Morgan fingerprint density at radius 2 is 0.956 bits per heavy atom. The van der Waals surface area contributed by atoms with Gasteiger partial charge in [0.05, 0.1) is 38.8 Å². The van der Waals surface area contributed by atoms with Crippen LogP contribution in [0.1, 0.15) is 0 Å². The van der Waals surface area contributed by atoms with Crippen LogP contribution in [0.2, 0.25) is 0 Å². The van der Waals surface area contributed by atoms with Gasteiger partial charge in [-0.25, -0.2) is 0 Å². The van der Waals surface area contributed by atoms with Crippen molar-refractivity contribution in [3.8, 4) is 33.6 Å². The van der Waals surface area contributed by atoms with E-state index in [-0.39, 0.29) is 0 Å². The fourth-order valence-corrected chi connectivity index (χ4v) is 11.0. The van der Waals surface area contributed by atoms with Gasteiger partial charge in [0, 0.05) is 54.9 Å². The molecule has 0 fully saturated rings. The van der Waals surface area contributed by atoms with E-state index >= 15 is 0 Å². The molecule has 0 unspecified atom stereocenters. The lowest BCUT2D eigenvalue weighted by molar-refractivity contribution is 0.672. The molecule has 4 heteroatoms. The number of furan rings is 1. The monoisotopic (exact) mass is 867 g/mol. The number of hydrogen-bond donors (Lipinski definition) is 0. The molecular weight excluding hydrogens is 827 g/mol. The summed E-state index contributed by atoms with van der Waals surface area (Å²) in [6, 6.07) is 89.9. The van der Waals surface area contributed by atoms with E-state index in [1.807, 2.05) is 0 Å². The van der Waals surface area contributed by atoms with Crippen LogP contribution in [-0.2, 0) is 0 Å². The first-order valence-electron chi connectivity index (χ1n) is 23.3. The van der Waals surface area contributed by atoms with E-state index in [1.165, 1.54) is 49.2 Å². The van der Waals surface area contributed by atoms with Crippen molar-refractivity contribution in [3.05, 3.63) is 249 Å². The lowest BCUT2D eigenvalue weighted by Gasteiger charge is -2.27. The smallest absolute Gasteiger partial charge is 0.143 e. The normalized spacial score (nSPS) is 11.8. The lowest BCUT2D eigenvalue weighted by atomic mass is 9.98. The summed E-state index contributed by atoms with van der Waals surface area (Å²) in [6.07, 6.45) is 0. The molecule has 11 aromatic carbocycles. The van der Waals surface area contributed by atoms with Crippen LogP contribution >= 0.6 is 0 Å². The molecule has 14 aromatic rings. The maximum Gasteiger partial charge on any atom is 0.143 e. The van der Waals surface area contributed by atoms with Gasteiger partial charge >= 0.3 is 0 Å². The quantitative estimate of drug-likeness (QED) is 0.160. The lowest BCUT2D eigenvalue weighted by Crippen LogP contribution is -2.10. The van der Waals surface area contributed by atoms with Gasteiger partial charge < -0.3 is 18.5 Å². The maximum atomic E-state index is 6.80. The fourth-order valence-electron chi connectivity index (χ4n) is 11.0. The van der Waals surface area contributed by atoms with E-state index in [0.29, 0.717) is 0 Å². The first-order valence-corrected chi connectivity index (χ1v) is 23.3. The van der Waals surface area contributed by atoms with E-state index in [1.54, 1.807) is 0 Å². The second kappa shape index (κ2) is 15.2. The molecule has 3 aromatic heterocycles. The number of fused-ring (bicyclic) bond motifs is 11. The van der Waals surface area contributed by atoms with Gasteiger partial charge in [0.1, 0.15) is 11.2 Å². The Labute approximate surface area is 392 Å². The number of para-hydroxylation sites is 5. The largest absolute Gasteiger partial charge is 0.455 e. The molecule has 0 radical (unpaired) electrons. The van der Waals surface area contributed by atoms with Gasteiger partial charge in [0.2, 0.25) is 0 Å². The Hall–Kier alpha value is -9.12. The van der Waals surface area contributed by atoms with Crippen LogP contribution < -0.4 is 4.90 Å². The molecule has 0 aliphatic carbocycles. The summed E-state index contributed by atoms with van der Waals surface area (Å²) in [7, 11) is 0. The Balaban J connectivity index is 0.969. The predicted octanol–water partition coefficient (Wildman–Crippen LogP) is 17.7. The highest BCUT2D eigenvalue weighted by atomic mass is 16.3. The minimum Gasteiger partial charge on any atom is -0.455 e. The third-order valence-electron chi connectivity index (χ3n) is 13.9. The van der Waals surface area contributed by atoms with E-state index in [2.05, 4.69) is 263 Å². The Bertz CT molecular complexity index is 4210. The van der Waals surface area contributed by atoms with Crippen LogP contribution in [0.4, 0.5) is 17.1 Å². The zero-order valence-electron chi connectivity index (χ0n) is 36.9. The van der Waals surface area contributed by atoms with Crippen LogP contribution in [0.3, 0.4) is 0 Å². The molecular formula is C64H41N3O. The Morgan fingerprint density at radius 3 is 1.75 bits per heavy atom. The zero-order chi connectivity index (χ0) is 44.7. The van der Waals surface area contributed by atoms with Crippen molar-refractivity contribution >= 4 is 93.4 Å². The van der Waals surface area contributed by atoms with Crippen molar-refractivity contribution in [3.63, 3.8) is 0 Å². The van der Waals surface area contributed by atoms with E-state index in [9.17, 15) is 0 Å². The molecule has 0 saturated carbocycles. The van der Waals surface area contributed by atoms with Crippen molar-refractivity contribution < 1.29 is 4.42 Å². The summed E-state index contributed by atoms with van der Waals surface area (Å²) in [5.74, 6) is 0. The van der Waals surface area contributed by atoms with Crippen molar-refractivity contribution in [2.75, 3.05) is 4.90 Å². The summed E-state index contributed by atoms with van der Waals surface area (Å²) in [4.78, 5) is 2.41. The van der Waals surface area contributed by atoms with Crippen LogP contribution in [0, 0.1) is 0 Å². The molecule has 0 N–H and O–H groups in total. The maximum absolute atomic E-state index is 6.80. The predicted molar refractivity (Wildman–Crippen MR) is 285 cm³/mol. The van der Waals surface area contributed by atoms with Crippen LogP contribution in [0.25, 0.3) is 110 Å². The van der Waals surface area contributed by atoms with Crippen molar-refractivity contribution in [2.24, 2.45) is 0 Å². The topological polar surface area (TPSA) is 26.2 Å². The average molecular weight is 868 g/mol. The SMILES string of the molecule is c1ccc(-n2c3ccccc3c3c(-c4cccc(N(c5ccc(-c6ccccc6-n6c7ccccc7c7ccccc76)cc5)c5cccc6oc7c8ccccc8ccc7c56)c4)cccc32)cc1. The first-order chi connectivity index (χ1) is 33.8. The molecule has 0 saturated heterocycles. The van der Waals surface area contributed by atoms with E-state index in [0.717, 1.165) is 77.8 Å². The van der Waals surface area contributed by atoms with Gasteiger partial charge in [-0.15, -0.1) is 0 Å². The fraction of sp³-hybridized carbons (Fsp3) is 0. The van der Waals surface area contributed by atoms with Gasteiger partial charge in [-0.1, -0.05) is 164 Å². The molecule has 318 valence electrons. The Morgan fingerprint density at radius 1 is 0.338 bits per heavy atom. The molecule has 0 bridgehead atoms. The summed E-state index contributed by atoms with van der Waals surface area (Å²) in [6.45, 7) is 0. The molecule has 14 rings (SSSR count). The van der Waals surface area contributed by atoms with Crippen molar-refractivity contribution in [1.82, 2.24) is 9.13 Å². The first kappa shape index (κ1) is 38.2. The van der Waals surface area contributed by atoms with Gasteiger partial charge in [0.25, 0.3) is 0 Å². The minimum absolute atomic E-state index is 0.852. The number of benzene rings is 11. The molecule has 4 nitrogen and oxygen atoms in total. The number of hydrogen-bond acceptors (Lipinski definition) is 2. The second-order valence-corrected chi connectivity index (χ2v) is 17.6. The third kappa shape index (κ3) is 5.81. The van der Waals surface area contributed by atoms with Gasteiger partial charge in [-0.2, -0.15) is 0 Å². The number of aromatic nitrogens is 2. The van der Waals surface area contributed by atoms with Crippen LogP contribution in [0.15, 0.2) is 253 Å². The standard InChI is InChI=1S/C64H41N3O/c1-2-19-45(20-3-1)66-58-31-13-9-26-53(58)62-49(27-15-32-59(62)66)44-18-14-21-47(41-44)65(60-33-16-34-61-63(60)54-40-37-42-17-4-5-23-50(42)64(54)68-61)46-38-35-43(36-39-46)48-22-6-10-28-55(48)67-56-29-11-7-24-51(56)52-25-8-12-30-57(52)67/h1-41H. The van der Waals surface area contributed by atoms with Gasteiger partial charge in [-0.05, 0) is 107 Å². The van der Waals surface area contributed by atoms with E-state index < -0.39 is 0 Å². The Kier molecular flexibility index (Phi) is 8.55. The highest BCUT2D eigenvalue weighted by Gasteiger charge is 2.23. The summed E-state index contributed by atoms with van der Waals surface area (Å²) in [5, 5.41) is 9.38. The number of rotatable bonds is 7. The molecule has 0 amide bonds. The highest BCUT2D eigenvalue weighted by Crippen LogP contribution is 2.47. The number of anilines is 3. The summed E-state index contributed by atoms with van der Waals surface area (Å²) in [5.41, 5.74) is 16.6.